The lowest BCUT2D eigenvalue weighted by Gasteiger charge is -2.25. The van der Waals surface area contributed by atoms with Gasteiger partial charge < -0.3 is 5.11 Å². The van der Waals surface area contributed by atoms with Gasteiger partial charge in [-0.25, -0.2) is 0 Å². The number of benzene rings is 1. The van der Waals surface area contributed by atoms with E-state index in [1.807, 2.05) is 39.8 Å². The minimum Gasteiger partial charge on any atom is -0.507 e. The summed E-state index contributed by atoms with van der Waals surface area (Å²) in [7, 11) is 0. The number of aromatic hydroxyl groups is 1. The molecule has 1 aromatic rings. The molecular weight excluding hydrogens is 281 g/mol. The fraction of sp³-hybridized carbons (Fsp3) is 0.600. The van der Waals surface area contributed by atoms with Crippen molar-refractivity contribution in [3.8, 4) is 5.75 Å². The predicted molar refractivity (Wildman–Crippen MR) is 83.5 cm³/mol. The van der Waals surface area contributed by atoms with Gasteiger partial charge >= 0.3 is 0 Å². The number of aryl methyl sites for hydroxylation is 2. The van der Waals surface area contributed by atoms with Gasteiger partial charge in [0.1, 0.15) is 5.75 Å². The Balaban J connectivity index is 2.89. The second kappa shape index (κ2) is 7.37. The molecule has 0 bridgehead atoms. The quantitative estimate of drug-likeness (QED) is 0.801. The van der Waals surface area contributed by atoms with Gasteiger partial charge in [0.25, 0.3) is 0 Å². The second-order valence-corrected chi connectivity index (χ2v) is 6.84. The Morgan fingerprint density at radius 1 is 1.11 bits per heavy atom. The summed E-state index contributed by atoms with van der Waals surface area (Å²) in [6.45, 7) is 10.1. The van der Waals surface area contributed by atoms with Crippen molar-refractivity contribution in [2.45, 2.75) is 45.0 Å². The zero-order chi connectivity index (χ0) is 14.6. The molecule has 0 spiro atoms. The molecule has 0 heterocycles. The van der Waals surface area contributed by atoms with Crippen LogP contribution in [0, 0.1) is 13.8 Å². The van der Waals surface area contributed by atoms with Crippen LogP contribution in [-0.2, 0) is 6.54 Å². The summed E-state index contributed by atoms with van der Waals surface area (Å²) in [5, 5.41) is 10.3. The van der Waals surface area contributed by atoms with Gasteiger partial charge in [0.2, 0.25) is 0 Å². The molecule has 0 saturated heterocycles. The van der Waals surface area contributed by atoms with Crippen LogP contribution < -0.4 is 0 Å². The van der Waals surface area contributed by atoms with E-state index in [1.165, 1.54) is 0 Å². The first kappa shape index (κ1) is 16.6. The molecule has 0 unspecified atom stereocenters. The standard InChI is InChI=1S/C15H23Cl2NO/c1-10-5-11(2)15(19)14(6-10)9-18(7-12(3)16)8-13(4)17/h5-6,12-13,19H,7-9H2,1-4H3/t12-,13+. The number of halogens is 2. The van der Waals surface area contributed by atoms with Gasteiger partial charge in [0, 0.05) is 36.0 Å². The average Bonchev–Trinajstić information content (AvgIpc) is 2.23. The highest BCUT2D eigenvalue weighted by Crippen LogP contribution is 2.25. The predicted octanol–water partition coefficient (Wildman–Crippen LogP) is 4.07. The molecule has 1 aromatic carbocycles. The van der Waals surface area contributed by atoms with Crippen molar-refractivity contribution in [2.24, 2.45) is 0 Å². The third-order valence-electron chi connectivity index (χ3n) is 2.94. The number of nitrogens with zero attached hydrogens (tertiary/aromatic N) is 1. The number of rotatable bonds is 6. The molecule has 0 saturated carbocycles. The Labute approximate surface area is 126 Å². The molecule has 0 aliphatic carbocycles. The summed E-state index contributed by atoms with van der Waals surface area (Å²) in [6.07, 6.45) is 0. The van der Waals surface area contributed by atoms with Crippen LogP contribution in [-0.4, -0.2) is 33.9 Å². The van der Waals surface area contributed by atoms with Crippen molar-refractivity contribution in [2.75, 3.05) is 13.1 Å². The maximum Gasteiger partial charge on any atom is 0.122 e. The summed E-state index contributed by atoms with van der Waals surface area (Å²) in [6, 6.07) is 4.00. The summed E-state index contributed by atoms with van der Waals surface area (Å²) in [5.74, 6) is 0.375. The summed E-state index contributed by atoms with van der Waals surface area (Å²) >= 11 is 12.2. The molecule has 2 nitrogen and oxygen atoms in total. The average molecular weight is 304 g/mol. The zero-order valence-corrected chi connectivity index (χ0v) is 13.6. The maximum atomic E-state index is 10.1. The molecule has 4 heteroatoms. The van der Waals surface area contributed by atoms with Crippen molar-refractivity contribution < 1.29 is 5.11 Å². The third kappa shape index (κ3) is 5.60. The van der Waals surface area contributed by atoms with Crippen LogP contribution in [0.3, 0.4) is 0 Å². The number of hydrogen-bond acceptors (Lipinski definition) is 2. The first-order valence-corrected chi connectivity index (χ1v) is 7.46. The van der Waals surface area contributed by atoms with Gasteiger partial charge in [-0.1, -0.05) is 17.7 Å². The van der Waals surface area contributed by atoms with Crippen LogP contribution in [0.15, 0.2) is 12.1 Å². The van der Waals surface area contributed by atoms with E-state index in [2.05, 4.69) is 4.90 Å². The molecule has 1 N–H and O–H groups in total. The monoisotopic (exact) mass is 303 g/mol. The lowest BCUT2D eigenvalue weighted by molar-refractivity contribution is 0.266. The smallest absolute Gasteiger partial charge is 0.122 e. The topological polar surface area (TPSA) is 23.5 Å². The van der Waals surface area contributed by atoms with Crippen molar-refractivity contribution in [3.63, 3.8) is 0 Å². The molecule has 0 aromatic heterocycles. The van der Waals surface area contributed by atoms with E-state index in [9.17, 15) is 5.11 Å². The number of phenols is 1. The van der Waals surface area contributed by atoms with Crippen molar-refractivity contribution in [3.05, 3.63) is 28.8 Å². The maximum absolute atomic E-state index is 10.1. The molecule has 0 aliphatic rings. The Kier molecular flexibility index (Phi) is 6.45. The van der Waals surface area contributed by atoms with Gasteiger partial charge in [-0.2, -0.15) is 0 Å². The Bertz CT molecular complexity index is 409. The normalized spacial score (nSPS) is 14.7. The van der Waals surface area contributed by atoms with E-state index in [1.54, 1.807) is 0 Å². The molecule has 0 fully saturated rings. The highest BCUT2D eigenvalue weighted by Gasteiger charge is 2.15. The summed E-state index contributed by atoms with van der Waals surface area (Å²) < 4.78 is 0. The Morgan fingerprint density at radius 3 is 2.11 bits per heavy atom. The van der Waals surface area contributed by atoms with Crippen LogP contribution in [0.1, 0.15) is 30.5 Å². The molecule has 0 aliphatic heterocycles. The highest BCUT2D eigenvalue weighted by atomic mass is 35.5. The fourth-order valence-corrected chi connectivity index (χ4v) is 2.71. The van der Waals surface area contributed by atoms with Gasteiger partial charge in [0.05, 0.1) is 0 Å². The van der Waals surface area contributed by atoms with Crippen molar-refractivity contribution in [1.29, 1.82) is 0 Å². The van der Waals surface area contributed by atoms with E-state index in [0.717, 1.165) is 29.8 Å². The molecule has 2 atom stereocenters. The van der Waals surface area contributed by atoms with Crippen LogP contribution >= 0.6 is 23.2 Å². The molecule has 0 amide bonds. The molecule has 108 valence electrons. The minimum absolute atomic E-state index is 0.0588. The van der Waals surface area contributed by atoms with Gasteiger partial charge in [-0.15, -0.1) is 23.2 Å². The zero-order valence-electron chi connectivity index (χ0n) is 12.1. The Morgan fingerprint density at radius 2 is 1.63 bits per heavy atom. The highest BCUT2D eigenvalue weighted by molar-refractivity contribution is 6.21. The molecular formula is C15H23Cl2NO. The lowest BCUT2D eigenvalue weighted by Crippen LogP contribution is -2.33. The van der Waals surface area contributed by atoms with Crippen molar-refractivity contribution in [1.82, 2.24) is 4.90 Å². The molecule has 1 rings (SSSR count). The SMILES string of the molecule is Cc1cc(C)c(O)c(CN(C[C@H](C)Cl)C[C@@H](C)Cl)c1. The first-order valence-electron chi connectivity index (χ1n) is 6.59. The number of hydrogen-bond donors (Lipinski definition) is 1. The van der Waals surface area contributed by atoms with Crippen LogP contribution in [0.2, 0.25) is 0 Å². The van der Waals surface area contributed by atoms with Gasteiger partial charge in [-0.05, 0) is 33.3 Å². The van der Waals surface area contributed by atoms with Crippen LogP contribution in [0.4, 0.5) is 0 Å². The van der Waals surface area contributed by atoms with E-state index >= 15 is 0 Å². The molecule has 0 radical (unpaired) electrons. The second-order valence-electron chi connectivity index (χ2n) is 5.35. The van der Waals surface area contributed by atoms with Gasteiger partial charge in [-0.3, -0.25) is 4.90 Å². The lowest BCUT2D eigenvalue weighted by atomic mass is 10.0. The van der Waals surface area contributed by atoms with E-state index in [-0.39, 0.29) is 10.8 Å². The first-order chi connectivity index (χ1) is 8.79. The fourth-order valence-electron chi connectivity index (χ4n) is 2.32. The van der Waals surface area contributed by atoms with Crippen LogP contribution in [0.5, 0.6) is 5.75 Å². The largest absolute Gasteiger partial charge is 0.507 e. The third-order valence-corrected chi connectivity index (χ3v) is 3.21. The van der Waals surface area contributed by atoms with Gasteiger partial charge in [0.15, 0.2) is 0 Å². The van der Waals surface area contributed by atoms with Crippen LogP contribution in [0.25, 0.3) is 0 Å². The van der Waals surface area contributed by atoms with Crippen molar-refractivity contribution >= 4 is 23.2 Å². The summed E-state index contributed by atoms with van der Waals surface area (Å²) in [4.78, 5) is 2.18. The van der Waals surface area contributed by atoms with E-state index in [0.29, 0.717) is 12.3 Å². The number of phenolic OH excluding ortho intramolecular Hbond substituents is 1. The molecule has 19 heavy (non-hydrogen) atoms. The van der Waals surface area contributed by atoms with E-state index in [4.69, 9.17) is 23.2 Å². The minimum atomic E-state index is 0.0588. The number of alkyl halides is 2. The van der Waals surface area contributed by atoms with E-state index < -0.39 is 0 Å². The summed E-state index contributed by atoms with van der Waals surface area (Å²) in [5.41, 5.74) is 3.00. The Hall–Kier alpha value is -0.440.